The molecule has 1 heteroatoms. The van der Waals surface area contributed by atoms with Gasteiger partial charge >= 0.3 is 0 Å². The number of hydrogen-bond acceptors (Lipinski definition) is 1. The zero-order valence-electron chi connectivity index (χ0n) is 5.98. The average molecular weight is 124 g/mol. The van der Waals surface area contributed by atoms with E-state index in [1.807, 2.05) is 19.9 Å². The summed E-state index contributed by atoms with van der Waals surface area (Å²) >= 11 is 0. The first-order chi connectivity index (χ1) is 4.27. The third-order valence-corrected chi connectivity index (χ3v) is 0.795. The molecule has 0 saturated carbocycles. The van der Waals surface area contributed by atoms with Gasteiger partial charge in [0.25, 0.3) is 0 Å². The molecule has 0 aromatic rings. The Morgan fingerprint density at radius 2 is 2.33 bits per heavy atom. The third kappa shape index (κ3) is 7.26. The highest BCUT2D eigenvalue weighted by Crippen LogP contribution is 1.87. The van der Waals surface area contributed by atoms with Crippen LogP contribution in [0.4, 0.5) is 0 Å². The Labute approximate surface area is 56.7 Å². The molecule has 0 fully saturated rings. The first-order valence-electron chi connectivity index (χ1n) is 2.92. The highest BCUT2D eigenvalue weighted by molar-refractivity contribution is 4.93. The third-order valence-electron chi connectivity index (χ3n) is 0.795. The SMILES string of the molecule is C#CCOCC=C(C)C. The van der Waals surface area contributed by atoms with Crippen molar-refractivity contribution in [2.45, 2.75) is 13.8 Å². The lowest BCUT2D eigenvalue weighted by Gasteiger charge is -1.92. The number of terminal acetylenes is 1. The van der Waals surface area contributed by atoms with Gasteiger partial charge in [-0.2, -0.15) is 0 Å². The Hall–Kier alpha value is -0.740. The Morgan fingerprint density at radius 1 is 1.67 bits per heavy atom. The van der Waals surface area contributed by atoms with Crippen LogP contribution in [-0.2, 0) is 4.74 Å². The van der Waals surface area contributed by atoms with Crippen LogP contribution in [0, 0.1) is 12.3 Å². The Balaban J connectivity index is 3.12. The molecule has 0 saturated heterocycles. The minimum Gasteiger partial charge on any atom is -0.365 e. The second-order valence-electron chi connectivity index (χ2n) is 2.00. The number of hydrogen-bond donors (Lipinski definition) is 0. The second kappa shape index (κ2) is 5.40. The van der Waals surface area contributed by atoms with Gasteiger partial charge in [-0.3, -0.25) is 0 Å². The van der Waals surface area contributed by atoms with E-state index in [1.54, 1.807) is 0 Å². The van der Waals surface area contributed by atoms with Gasteiger partial charge in [-0.05, 0) is 13.8 Å². The largest absolute Gasteiger partial charge is 0.365 e. The Morgan fingerprint density at radius 3 is 2.78 bits per heavy atom. The van der Waals surface area contributed by atoms with Crippen LogP contribution in [0.5, 0.6) is 0 Å². The number of ether oxygens (including phenoxy) is 1. The predicted octanol–water partition coefficient (Wildman–Crippen LogP) is 1.60. The molecule has 0 N–H and O–H groups in total. The molecule has 0 atom stereocenters. The van der Waals surface area contributed by atoms with Gasteiger partial charge in [0.05, 0.1) is 6.61 Å². The van der Waals surface area contributed by atoms with Crippen molar-refractivity contribution in [3.63, 3.8) is 0 Å². The Bertz CT molecular complexity index is 124. The lowest BCUT2D eigenvalue weighted by molar-refractivity contribution is 0.199. The lowest BCUT2D eigenvalue weighted by atomic mass is 10.3. The van der Waals surface area contributed by atoms with Crippen LogP contribution >= 0.6 is 0 Å². The lowest BCUT2D eigenvalue weighted by Crippen LogP contribution is -1.90. The van der Waals surface area contributed by atoms with Crippen molar-refractivity contribution >= 4 is 0 Å². The van der Waals surface area contributed by atoms with Crippen LogP contribution in [0.3, 0.4) is 0 Å². The van der Waals surface area contributed by atoms with Crippen molar-refractivity contribution in [1.82, 2.24) is 0 Å². The van der Waals surface area contributed by atoms with Crippen LogP contribution in [0.15, 0.2) is 11.6 Å². The summed E-state index contributed by atoms with van der Waals surface area (Å²) in [5, 5.41) is 0. The van der Waals surface area contributed by atoms with Crippen LogP contribution in [0.25, 0.3) is 0 Å². The summed E-state index contributed by atoms with van der Waals surface area (Å²) in [6, 6.07) is 0. The average Bonchev–Trinajstić information content (AvgIpc) is 1.80. The summed E-state index contributed by atoms with van der Waals surface area (Å²) in [6.07, 6.45) is 6.95. The molecular formula is C8H12O. The van der Waals surface area contributed by atoms with Gasteiger partial charge in [0.1, 0.15) is 6.61 Å². The molecule has 50 valence electrons. The van der Waals surface area contributed by atoms with E-state index in [9.17, 15) is 0 Å². The molecule has 0 spiro atoms. The quantitative estimate of drug-likeness (QED) is 0.315. The second-order valence-corrected chi connectivity index (χ2v) is 2.00. The predicted molar refractivity (Wildman–Crippen MR) is 39.1 cm³/mol. The van der Waals surface area contributed by atoms with Gasteiger partial charge in [0, 0.05) is 0 Å². The molecule has 0 aliphatic rings. The smallest absolute Gasteiger partial charge is 0.107 e. The monoisotopic (exact) mass is 124 g/mol. The highest BCUT2D eigenvalue weighted by Gasteiger charge is 1.77. The molecule has 1 nitrogen and oxygen atoms in total. The van der Waals surface area contributed by atoms with Crippen molar-refractivity contribution in [3.8, 4) is 12.3 Å². The van der Waals surface area contributed by atoms with Crippen LogP contribution < -0.4 is 0 Å². The molecule has 0 aliphatic heterocycles. The van der Waals surface area contributed by atoms with Crippen LogP contribution in [0.1, 0.15) is 13.8 Å². The van der Waals surface area contributed by atoms with Gasteiger partial charge in [-0.15, -0.1) is 6.42 Å². The maximum atomic E-state index is 4.98. The summed E-state index contributed by atoms with van der Waals surface area (Å²) in [4.78, 5) is 0. The zero-order valence-corrected chi connectivity index (χ0v) is 5.98. The summed E-state index contributed by atoms with van der Waals surface area (Å²) < 4.78 is 4.98. The standard InChI is InChI=1S/C8H12O/c1-4-6-9-7-5-8(2)3/h1,5H,6-7H2,2-3H3. The summed E-state index contributed by atoms with van der Waals surface area (Å²) in [7, 11) is 0. The van der Waals surface area contributed by atoms with Crippen molar-refractivity contribution in [2.75, 3.05) is 13.2 Å². The molecule has 0 amide bonds. The fourth-order valence-electron chi connectivity index (χ4n) is 0.343. The molecule has 0 unspecified atom stereocenters. The maximum Gasteiger partial charge on any atom is 0.107 e. The Kier molecular flexibility index (Phi) is 4.95. The fourth-order valence-corrected chi connectivity index (χ4v) is 0.343. The highest BCUT2D eigenvalue weighted by atomic mass is 16.5. The van der Waals surface area contributed by atoms with Crippen LogP contribution in [-0.4, -0.2) is 13.2 Å². The maximum absolute atomic E-state index is 4.98. The van der Waals surface area contributed by atoms with Gasteiger partial charge < -0.3 is 4.74 Å². The molecule has 0 rings (SSSR count). The van der Waals surface area contributed by atoms with Crippen LogP contribution in [0.2, 0.25) is 0 Å². The first-order valence-corrected chi connectivity index (χ1v) is 2.92. The number of allylic oxidation sites excluding steroid dienone is 1. The molecular weight excluding hydrogens is 112 g/mol. The van der Waals surface area contributed by atoms with E-state index >= 15 is 0 Å². The van der Waals surface area contributed by atoms with E-state index in [0.29, 0.717) is 13.2 Å². The van der Waals surface area contributed by atoms with Gasteiger partial charge in [-0.25, -0.2) is 0 Å². The van der Waals surface area contributed by atoms with Gasteiger partial charge in [0.2, 0.25) is 0 Å². The molecule has 0 bridgehead atoms. The fraction of sp³-hybridized carbons (Fsp3) is 0.500. The van der Waals surface area contributed by atoms with Crippen molar-refractivity contribution in [3.05, 3.63) is 11.6 Å². The summed E-state index contributed by atoms with van der Waals surface area (Å²) in [6.45, 7) is 5.09. The molecule has 9 heavy (non-hydrogen) atoms. The topological polar surface area (TPSA) is 9.23 Å². The number of rotatable bonds is 3. The summed E-state index contributed by atoms with van der Waals surface area (Å²) in [5.74, 6) is 2.39. The molecule has 0 aromatic carbocycles. The normalized spacial score (nSPS) is 8.11. The molecule has 0 heterocycles. The molecule has 0 radical (unpaired) electrons. The first kappa shape index (κ1) is 8.26. The van der Waals surface area contributed by atoms with Gasteiger partial charge in [0.15, 0.2) is 0 Å². The van der Waals surface area contributed by atoms with Crippen molar-refractivity contribution < 1.29 is 4.74 Å². The van der Waals surface area contributed by atoms with E-state index in [2.05, 4.69) is 5.92 Å². The summed E-state index contributed by atoms with van der Waals surface area (Å²) in [5.41, 5.74) is 1.26. The van der Waals surface area contributed by atoms with E-state index in [4.69, 9.17) is 11.2 Å². The zero-order chi connectivity index (χ0) is 7.11. The molecule has 0 aliphatic carbocycles. The minimum absolute atomic E-state index is 0.407. The van der Waals surface area contributed by atoms with Gasteiger partial charge in [-0.1, -0.05) is 17.6 Å². The minimum atomic E-state index is 0.407. The van der Waals surface area contributed by atoms with Crippen molar-refractivity contribution in [1.29, 1.82) is 0 Å². The van der Waals surface area contributed by atoms with E-state index < -0.39 is 0 Å². The van der Waals surface area contributed by atoms with E-state index in [-0.39, 0.29) is 0 Å². The molecule has 0 aromatic heterocycles. The van der Waals surface area contributed by atoms with Crippen molar-refractivity contribution in [2.24, 2.45) is 0 Å². The van der Waals surface area contributed by atoms with E-state index in [1.165, 1.54) is 5.57 Å². The van der Waals surface area contributed by atoms with E-state index in [0.717, 1.165) is 0 Å².